The zero-order chi connectivity index (χ0) is 20.3. The van der Waals surface area contributed by atoms with E-state index in [4.69, 9.17) is 11.6 Å². The molecular formula is C21H25ClN2O3S. The fraction of sp³-hybridized carbons (Fsp3) is 0.381. The number of halogens is 1. The predicted molar refractivity (Wildman–Crippen MR) is 113 cm³/mol. The Bertz CT molecular complexity index is 958. The Labute approximate surface area is 171 Å². The number of hydrogen-bond donors (Lipinski definition) is 1. The summed E-state index contributed by atoms with van der Waals surface area (Å²) in [6.45, 7) is 4.64. The van der Waals surface area contributed by atoms with Crippen LogP contribution in [-0.4, -0.2) is 26.9 Å². The number of unbranched alkanes of at least 4 members (excludes halogenated alkanes) is 2. The molecule has 7 heteroatoms. The summed E-state index contributed by atoms with van der Waals surface area (Å²) in [6.07, 6.45) is 3.71. The largest absolute Gasteiger partial charge is 0.352 e. The van der Waals surface area contributed by atoms with Crippen molar-refractivity contribution in [3.8, 4) is 0 Å². The second-order valence-corrected chi connectivity index (χ2v) is 9.37. The molecule has 0 fully saturated rings. The second-order valence-electron chi connectivity index (χ2n) is 7.11. The van der Waals surface area contributed by atoms with Crippen LogP contribution in [0.5, 0.6) is 0 Å². The van der Waals surface area contributed by atoms with Gasteiger partial charge in [0.05, 0.1) is 10.6 Å². The quantitative estimate of drug-likeness (QED) is 0.675. The van der Waals surface area contributed by atoms with Gasteiger partial charge in [0.1, 0.15) is 0 Å². The summed E-state index contributed by atoms with van der Waals surface area (Å²) in [6, 6.07) is 11.2. The van der Waals surface area contributed by atoms with E-state index in [0.717, 1.165) is 24.8 Å². The van der Waals surface area contributed by atoms with Crippen LogP contribution in [0.2, 0.25) is 5.02 Å². The fourth-order valence-electron chi connectivity index (χ4n) is 3.51. The van der Waals surface area contributed by atoms with E-state index in [1.807, 2.05) is 6.92 Å². The third-order valence-electron chi connectivity index (χ3n) is 4.93. The van der Waals surface area contributed by atoms with Gasteiger partial charge in [-0.05, 0) is 67.8 Å². The number of sulfonamides is 1. The topological polar surface area (TPSA) is 66.5 Å². The van der Waals surface area contributed by atoms with Crippen molar-refractivity contribution in [2.75, 3.05) is 10.8 Å². The molecule has 0 bridgehead atoms. The molecule has 150 valence electrons. The summed E-state index contributed by atoms with van der Waals surface area (Å²) in [4.78, 5) is 12.6. The van der Waals surface area contributed by atoms with Gasteiger partial charge in [-0.1, -0.05) is 31.4 Å². The van der Waals surface area contributed by atoms with Gasteiger partial charge < -0.3 is 5.32 Å². The van der Waals surface area contributed by atoms with Gasteiger partial charge in [-0.2, -0.15) is 0 Å². The number of amides is 1. The molecule has 1 heterocycles. The van der Waals surface area contributed by atoms with Crippen LogP contribution in [0.25, 0.3) is 0 Å². The van der Waals surface area contributed by atoms with E-state index < -0.39 is 10.0 Å². The average Bonchev–Trinajstić information content (AvgIpc) is 3.01. The summed E-state index contributed by atoms with van der Waals surface area (Å²) >= 11 is 5.89. The van der Waals surface area contributed by atoms with Crippen molar-refractivity contribution >= 4 is 33.2 Å². The highest BCUT2D eigenvalue weighted by Crippen LogP contribution is 2.37. The zero-order valence-corrected chi connectivity index (χ0v) is 17.7. The van der Waals surface area contributed by atoms with E-state index in [-0.39, 0.29) is 16.8 Å². The van der Waals surface area contributed by atoms with Crippen molar-refractivity contribution in [1.82, 2.24) is 5.32 Å². The summed E-state index contributed by atoms with van der Waals surface area (Å²) < 4.78 is 27.7. The highest BCUT2D eigenvalue weighted by molar-refractivity contribution is 7.92. The van der Waals surface area contributed by atoms with Crippen molar-refractivity contribution < 1.29 is 13.2 Å². The molecule has 0 radical (unpaired) electrons. The molecule has 0 unspecified atom stereocenters. The SMILES string of the molecule is CCCCCNC(=O)c1ccc2c(c1)C[C@@H](C)N2S(=O)(=O)c1ccc(Cl)cc1. The molecule has 1 amide bonds. The van der Waals surface area contributed by atoms with E-state index in [1.54, 1.807) is 30.3 Å². The van der Waals surface area contributed by atoms with Gasteiger partial charge >= 0.3 is 0 Å². The molecule has 0 aromatic heterocycles. The van der Waals surface area contributed by atoms with Crippen molar-refractivity contribution in [2.24, 2.45) is 0 Å². The summed E-state index contributed by atoms with van der Waals surface area (Å²) in [7, 11) is -3.70. The molecule has 1 aliphatic heterocycles. The molecule has 2 aromatic carbocycles. The molecular weight excluding hydrogens is 396 g/mol. The minimum absolute atomic E-state index is 0.120. The fourth-order valence-corrected chi connectivity index (χ4v) is 5.33. The Balaban J connectivity index is 1.84. The third-order valence-corrected chi connectivity index (χ3v) is 7.13. The van der Waals surface area contributed by atoms with E-state index in [0.29, 0.717) is 29.2 Å². The Hall–Kier alpha value is -2.05. The van der Waals surface area contributed by atoms with Crippen LogP contribution in [0.1, 0.15) is 49.0 Å². The first-order valence-electron chi connectivity index (χ1n) is 9.55. The summed E-state index contributed by atoms with van der Waals surface area (Å²) in [5.41, 5.74) is 2.06. The first kappa shape index (κ1) is 20.7. The normalized spacial score (nSPS) is 16.1. The lowest BCUT2D eigenvalue weighted by molar-refractivity contribution is 0.0953. The van der Waals surface area contributed by atoms with Crippen LogP contribution in [0.4, 0.5) is 5.69 Å². The first-order chi connectivity index (χ1) is 13.3. The number of benzene rings is 2. The van der Waals surface area contributed by atoms with Crippen molar-refractivity contribution in [3.63, 3.8) is 0 Å². The molecule has 0 saturated heterocycles. The molecule has 3 rings (SSSR count). The summed E-state index contributed by atoms with van der Waals surface area (Å²) in [5, 5.41) is 3.41. The maximum atomic E-state index is 13.1. The van der Waals surface area contributed by atoms with Gasteiger partial charge in [-0.25, -0.2) is 8.42 Å². The molecule has 28 heavy (non-hydrogen) atoms. The number of nitrogens with zero attached hydrogens (tertiary/aromatic N) is 1. The van der Waals surface area contributed by atoms with Crippen LogP contribution in [0.15, 0.2) is 47.4 Å². The molecule has 1 aliphatic rings. The van der Waals surface area contributed by atoms with Gasteiger partial charge in [0.25, 0.3) is 15.9 Å². The Morgan fingerprint density at radius 2 is 1.89 bits per heavy atom. The third kappa shape index (κ3) is 4.18. The van der Waals surface area contributed by atoms with Crippen molar-refractivity contribution in [3.05, 3.63) is 58.6 Å². The number of nitrogens with one attached hydrogen (secondary N) is 1. The van der Waals surface area contributed by atoms with E-state index in [1.165, 1.54) is 16.4 Å². The standard InChI is InChI=1S/C21H25ClN2O3S/c1-3-4-5-12-23-21(25)16-6-11-20-17(14-16)13-15(2)24(20)28(26,27)19-9-7-18(22)8-10-19/h6-11,14-15H,3-5,12-13H2,1-2H3,(H,23,25)/t15-/m1/s1. The van der Waals surface area contributed by atoms with Gasteiger partial charge in [0.2, 0.25) is 0 Å². The lowest BCUT2D eigenvalue weighted by Gasteiger charge is -2.24. The van der Waals surface area contributed by atoms with Crippen molar-refractivity contribution in [2.45, 2.75) is 50.5 Å². The highest BCUT2D eigenvalue weighted by Gasteiger charge is 2.36. The minimum atomic E-state index is -3.70. The molecule has 0 spiro atoms. The molecule has 2 aromatic rings. The second kappa shape index (κ2) is 8.53. The van der Waals surface area contributed by atoms with Crippen LogP contribution in [0, 0.1) is 0 Å². The lowest BCUT2D eigenvalue weighted by atomic mass is 10.1. The number of carbonyl (C=O) groups excluding carboxylic acids is 1. The number of fused-ring (bicyclic) bond motifs is 1. The molecule has 1 N–H and O–H groups in total. The predicted octanol–water partition coefficient (Wildman–Crippen LogP) is 4.40. The van der Waals surface area contributed by atoms with Crippen LogP contribution in [-0.2, 0) is 16.4 Å². The van der Waals surface area contributed by atoms with Gasteiger partial charge in [0.15, 0.2) is 0 Å². The smallest absolute Gasteiger partial charge is 0.264 e. The first-order valence-corrected chi connectivity index (χ1v) is 11.4. The molecule has 0 saturated carbocycles. The van der Waals surface area contributed by atoms with Gasteiger partial charge in [-0.15, -0.1) is 0 Å². The number of anilines is 1. The van der Waals surface area contributed by atoms with Crippen LogP contribution >= 0.6 is 11.6 Å². The average molecular weight is 421 g/mol. The van der Waals surface area contributed by atoms with Crippen LogP contribution < -0.4 is 9.62 Å². The Kier molecular flexibility index (Phi) is 6.30. The lowest BCUT2D eigenvalue weighted by Crippen LogP contribution is -2.35. The minimum Gasteiger partial charge on any atom is -0.352 e. The molecule has 0 aliphatic carbocycles. The Morgan fingerprint density at radius 3 is 2.57 bits per heavy atom. The van der Waals surface area contributed by atoms with E-state index >= 15 is 0 Å². The highest BCUT2D eigenvalue weighted by atomic mass is 35.5. The van der Waals surface area contributed by atoms with E-state index in [9.17, 15) is 13.2 Å². The molecule has 1 atom stereocenters. The molecule has 5 nitrogen and oxygen atoms in total. The van der Waals surface area contributed by atoms with Crippen LogP contribution in [0.3, 0.4) is 0 Å². The number of carbonyl (C=O) groups is 1. The van der Waals surface area contributed by atoms with Gasteiger partial charge in [-0.3, -0.25) is 9.10 Å². The van der Waals surface area contributed by atoms with E-state index in [2.05, 4.69) is 12.2 Å². The number of hydrogen-bond acceptors (Lipinski definition) is 3. The maximum Gasteiger partial charge on any atom is 0.264 e. The number of rotatable bonds is 7. The zero-order valence-electron chi connectivity index (χ0n) is 16.1. The summed E-state index contributed by atoms with van der Waals surface area (Å²) in [5.74, 6) is -0.120. The monoisotopic (exact) mass is 420 g/mol. The Morgan fingerprint density at radius 1 is 1.18 bits per heavy atom. The van der Waals surface area contributed by atoms with Gasteiger partial charge in [0, 0.05) is 23.2 Å². The maximum absolute atomic E-state index is 13.1. The van der Waals surface area contributed by atoms with Crippen molar-refractivity contribution in [1.29, 1.82) is 0 Å².